The standard InChI is InChI=1S/C17H16NO/c1-18-15(13-7-4-3-5-8-13)12-11-14-9-6-10-16(19-2)17(14)18/h3-12H,1-2H3/q+1. The number of rotatable bonds is 2. The van der Waals surface area contributed by atoms with Crippen molar-refractivity contribution in [3.05, 3.63) is 60.7 Å². The summed E-state index contributed by atoms with van der Waals surface area (Å²) in [5.41, 5.74) is 3.50. The molecule has 0 saturated heterocycles. The highest BCUT2D eigenvalue weighted by Crippen LogP contribution is 2.25. The summed E-state index contributed by atoms with van der Waals surface area (Å²) in [6.45, 7) is 0. The minimum Gasteiger partial charge on any atom is -0.490 e. The number of hydrogen-bond donors (Lipinski definition) is 0. The summed E-state index contributed by atoms with van der Waals surface area (Å²) in [4.78, 5) is 0. The van der Waals surface area contributed by atoms with Crippen LogP contribution in [0.4, 0.5) is 0 Å². The van der Waals surface area contributed by atoms with E-state index in [1.807, 2.05) is 18.2 Å². The third-order valence-corrected chi connectivity index (χ3v) is 3.44. The number of para-hydroxylation sites is 1. The van der Waals surface area contributed by atoms with Gasteiger partial charge in [-0.05, 0) is 30.3 Å². The van der Waals surface area contributed by atoms with Crippen molar-refractivity contribution in [1.29, 1.82) is 0 Å². The molecular formula is C17H16NO+. The maximum Gasteiger partial charge on any atom is 0.255 e. The Hall–Kier alpha value is -2.35. The molecule has 3 aromatic rings. The van der Waals surface area contributed by atoms with Gasteiger partial charge in [0.1, 0.15) is 7.05 Å². The number of ether oxygens (including phenoxy) is 1. The monoisotopic (exact) mass is 250 g/mol. The molecule has 0 atom stereocenters. The van der Waals surface area contributed by atoms with E-state index >= 15 is 0 Å². The van der Waals surface area contributed by atoms with Gasteiger partial charge in [-0.15, -0.1) is 0 Å². The van der Waals surface area contributed by atoms with Crippen LogP contribution in [0.3, 0.4) is 0 Å². The second kappa shape index (κ2) is 4.73. The van der Waals surface area contributed by atoms with Crippen molar-refractivity contribution in [3.8, 4) is 17.0 Å². The molecule has 0 aliphatic carbocycles. The second-order valence-corrected chi connectivity index (χ2v) is 4.54. The molecule has 0 aliphatic heterocycles. The zero-order valence-corrected chi connectivity index (χ0v) is 11.1. The van der Waals surface area contributed by atoms with Gasteiger partial charge in [0.05, 0.1) is 12.5 Å². The number of benzene rings is 2. The number of fused-ring (bicyclic) bond motifs is 1. The van der Waals surface area contributed by atoms with Crippen molar-refractivity contribution in [3.63, 3.8) is 0 Å². The fraction of sp³-hybridized carbons (Fsp3) is 0.118. The molecule has 0 N–H and O–H groups in total. The quantitative estimate of drug-likeness (QED) is 0.636. The van der Waals surface area contributed by atoms with Crippen molar-refractivity contribution in [2.45, 2.75) is 0 Å². The highest BCUT2D eigenvalue weighted by atomic mass is 16.5. The molecule has 0 radical (unpaired) electrons. The van der Waals surface area contributed by atoms with Crippen LogP contribution in [0.1, 0.15) is 0 Å². The number of hydrogen-bond acceptors (Lipinski definition) is 1. The molecule has 1 heterocycles. The SMILES string of the molecule is COc1cccc2ccc(-c3ccccc3)[n+](C)c12. The summed E-state index contributed by atoms with van der Waals surface area (Å²) in [5, 5.41) is 1.18. The predicted octanol–water partition coefficient (Wildman–Crippen LogP) is 3.34. The average molecular weight is 250 g/mol. The number of aromatic nitrogens is 1. The van der Waals surface area contributed by atoms with Gasteiger partial charge >= 0.3 is 0 Å². The fourth-order valence-electron chi connectivity index (χ4n) is 2.50. The lowest BCUT2D eigenvalue weighted by Crippen LogP contribution is -2.32. The summed E-state index contributed by atoms with van der Waals surface area (Å²) in [7, 11) is 3.79. The molecule has 0 spiro atoms. The summed E-state index contributed by atoms with van der Waals surface area (Å²) < 4.78 is 7.66. The third kappa shape index (κ3) is 1.95. The van der Waals surface area contributed by atoms with E-state index in [0.29, 0.717) is 0 Å². The van der Waals surface area contributed by atoms with E-state index in [0.717, 1.165) is 11.3 Å². The lowest BCUT2D eigenvalue weighted by atomic mass is 10.1. The highest BCUT2D eigenvalue weighted by molar-refractivity contribution is 5.83. The van der Waals surface area contributed by atoms with E-state index in [-0.39, 0.29) is 0 Å². The number of aryl methyl sites for hydroxylation is 1. The highest BCUT2D eigenvalue weighted by Gasteiger charge is 2.16. The van der Waals surface area contributed by atoms with Crippen molar-refractivity contribution in [2.24, 2.45) is 7.05 Å². The van der Waals surface area contributed by atoms with E-state index < -0.39 is 0 Å². The number of pyridine rings is 1. The minimum absolute atomic E-state index is 0.901. The van der Waals surface area contributed by atoms with E-state index in [9.17, 15) is 0 Å². The Labute approximate surface area is 112 Å². The van der Waals surface area contributed by atoms with Crippen molar-refractivity contribution in [2.75, 3.05) is 7.11 Å². The van der Waals surface area contributed by atoms with Gasteiger partial charge in [-0.1, -0.05) is 24.3 Å². The summed E-state index contributed by atoms with van der Waals surface area (Å²) in [6.07, 6.45) is 0. The molecule has 0 fully saturated rings. The van der Waals surface area contributed by atoms with Crippen LogP contribution in [-0.4, -0.2) is 7.11 Å². The molecular weight excluding hydrogens is 234 g/mol. The molecule has 2 heteroatoms. The van der Waals surface area contributed by atoms with Crippen LogP contribution < -0.4 is 9.30 Å². The van der Waals surface area contributed by atoms with Gasteiger partial charge in [-0.3, -0.25) is 0 Å². The average Bonchev–Trinajstić information content (AvgIpc) is 2.48. The molecule has 0 unspecified atom stereocenters. The van der Waals surface area contributed by atoms with Crippen LogP contribution >= 0.6 is 0 Å². The van der Waals surface area contributed by atoms with Crippen LogP contribution in [0, 0.1) is 0 Å². The number of methoxy groups -OCH3 is 1. The van der Waals surface area contributed by atoms with Crippen LogP contribution in [0.2, 0.25) is 0 Å². The summed E-state index contributed by atoms with van der Waals surface area (Å²) >= 11 is 0. The van der Waals surface area contributed by atoms with Crippen molar-refractivity contribution < 1.29 is 9.30 Å². The molecule has 0 saturated carbocycles. The van der Waals surface area contributed by atoms with Crippen LogP contribution in [0.5, 0.6) is 5.75 Å². The third-order valence-electron chi connectivity index (χ3n) is 3.44. The van der Waals surface area contributed by atoms with E-state index in [2.05, 4.69) is 54.1 Å². The fourth-order valence-corrected chi connectivity index (χ4v) is 2.50. The molecule has 0 amide bonds. The van der Waals surface area contributed by atoms with Gasteiger partial charge in [-0.2, -0.15) is 4.57 Å². The first-order valence-electron chi connectivity index (χ1n) is 6.32. The molecule has 0 aliphatic rings. The minimum atomic E-state index is 0.901. The Kier molecular flexibility index (Phi) is 2.92. The molecule has 3 rings (SSSR count). The van der Waals surface area contributed by atoms with Crippen molar-refractivity contribution >= 4 is 10.9 Å². The normalized spacial score (nSPS) is 10.6. The molecule has 19 heavy (non-hydrogen) atoms. The lowest BCUT2D eigenvalue weighted by molar-refractivity contribution is -0.633. The molecule has 94 valence electrons. The smallest absolute Gasteiger partial charge is 0.255 e. The van der Waals surface area contributed by atoms with Gasteiger partial charge in [0.25, 0.3) is 5.52 Å². The van der Waals surface area contributed by atoms with Gasteiger partial charge < -0.3 is 4.74 Å². The van der Waals surface area contributed by atoms with Crippen LogP contribution in [-0.2, 0) is 7.05 Å². The second-order valence-electron chi connectivity index (χ2n) is 4.54. The lowest BCUT2D eigenvalue weighted by Gasteiger charge is -2.06. The molecule has 2 nitrogen and oxygen atoms in total. The van der Waals surface area contributed by atoms with Gasteiger partial charge in [-0.25, -0.2) is 0 Å². The summed E-state index contributed by atoms with van der Waals surface area (Å²) in [5.74, 6) is 0.901. The van der Waals surface area contributed by atoms with E-state index in [1.165, 1.54) is 16.6 Å². The van der Waals surface area contributed by atoms with Crippen LogP contribution in [0.25, 0.3) is 22.2 Å². The Balaban J connectivity index is 2.32. The zero-order valence-electron chi connectivity index (χ0n) is 11.1. The predicted molar refractivity (Wildman–Crippen MR) is 77.1 cm³/mol. The van der Waals surface area contributed by atoms with E-state index in [4.69, 9.17) is 4.74 Å². The maximum atomic E-state index is 5.48. The zero-order chi connectivity index (χ0) is 13.2. The Bertz CT molecular complexity index is 720. The Morgan fingerprint density at radius 1 is 0.842 bits per heavy atom. The Morgan fingerprint density at radius 3 is 2.37 bits per heavy atom. The Morgan fingerprint density at radius 2 is 1.63 bits per heavy atom. The number of nitrogens with zero attached hydrogens (tertiary/aromatic N) is 1. The largest absolute Gasteiger partial charge is 0.490 e. The van der Waals surface area contributed by atoms with E-state index in [1.54, 1.807) is 7.11 Å². The van der Waals surface area contributed by atoms with Gasteiger partial charge in [0.2, 0.25) is 5.69 Å². The topological polar surface area (TPSA) is 13.1 Å². The summed E-state index contributed by atoms with van der Waals surface area (Å²) in [6, 6.07) is 20.8. The molecule has 2 aromatic carbocycles. The van der Waals surface area contributed by atoms with Crippen LogP contribution in [0.15, 0.2) is 60.7 Å². The molecule has 0 bridgehead atoms. The van der Waals surface area contributed by atoms with Crippen molar-refractivity contribution in [1.82, 2.24) is 0 Å². The van der Waals surface area contributed by atoms with Gasteiger partial charge in [0, 0.05) is 11.6 Å². The van der Waals surface area contributed by atoms with Gasteiger partial charge in [0.15, 0.2) is 5.75 Å². The maximum absolute atomic E-state index is 5.48. The molecule has 1 aromatic heterocycles. The first kappa shape index (κ1) is 11.7. The first-order chi connectivity index (χ1) is 9.31. The first-order valence-corrected chi connectivity index (χ1v) is 6.32.